The van der Waals surface area contributed by atoms with Crippen LogP contribution in [0.1, 0.15) is 83.4 Å². The number of ether oxygens (including phenoxy) is 1. The zero-order valence-electron chi connectivity index (χ0n) is 32.6. The maximum atomic E-state index is 13.7. The fourth-order valence-corrected chi connectivity index (χ4v) is 8.03. The van der Waals surface area contributed by atoms with Crippen molar-refractivity contribution in [2.45, 2.75) is 83.8 Å². The molecule has 6 N–H and O–H groups in total. The largest absolute Gasteiger partial charge is 0.453 e. The van der Waals surface area contributed by atoms with Crippen LogP contribution in [0, 0.1) is 11.8 Å². The first kappa shape index (κ1) is 38.2. The highest BCUT2D eigenvalue weighted by atomic mass is 16.6. The molecule has 6 aromatic rings. The van der Waals surface area contributed by atoms with Crippen molar-refractivity contribution in [2.24, 2.45) is 17.6 Å². The van der Waals surface area contributed by atoms with Crippen LogP contribution < -0.4 is 16.5 Å². The first-order valence-corrected chi connectivity index (χ1v) is 19.4. The summed E-state index contributed by atoms with van der Waals surface area (Å²) in [6.45, 7) is 9.44. The number of likely N-dealkylation sites (tertiary alicyclic amines) is 1. The molecule has 13 heteroatoms. The van der Waals surface area contributed by atoms with Gasteiger partial charge in [-0.15, -0.1) is 0 Å². The van der Waals surface area contributed by atoms with Crippen LogP contribution in [0.15, 0.2) is 54.7 Å². The molecule has 0 radical (unpaired) electrons. The minimum Gasteiger partial charge on any atom is -0.453 e. The number of hydrogen-bond acceptors (Lipinski definition) is 9. The maximum absolute atomic E-state index is 13.7. The maximum Gasteiger partial charge on any atom is 0.407 e. The molecular weight excluding hydrogens is 695 g/mol. The van der Waals surface area contributed by atoms with E-state index >= 15 is 0 Å². The number of benzene rings is 3. The molecular formula is C42H53N9O4. The second-order valence-electron chi connectivity index (χ2n) is 15.5. The summed E-state index contributed by atoms with van der Waals surface area (Å²) in [5.41, 5.74) is 14.7. The normalized spacial score (nSPS) is 16.5. The number of aromatic nitrogens is 5. The second-order valence-corrected chi connectivity index (χ2v) is 15.5. The highest BCUT2D eigenvalue weighted by Gasteiger charge is 2.37. The lowest BCUT2D eigenvalue weighted by Gasteiger charge is -2.29. The van der Waals surface area contributed by atoms with Crippen LogP contribution in [0.5, 0.6) is 0 Å². The van der Waals surface area contributed by atoms with Gasteiger partial charge in [-0.25, -0.2) is 19.7 Å². The van der Waals surface area contributed by atoms with E-state index < -0.39 is 12.1 Å². The number of nitrogens with one attached hydrogen (secondary N) is 4. The van der Waals surface area contributed by atoms with Crippen molar-refractivity contribution >= 4 is 55.6 Å². The summed E-state index contributed by atoms with van der Waals surface area (Å²) in [6.07, 6.45) is 5.74. The van der Waals surface area contributed by atoms with Crippen LogP contribution in [0.3, 0.4) is 0 Å². The van der Waals surface area contributed by atoms with Crippen molar-refractivity contribution < 1.29 is 19.2 Å². The number of fused-ring (bicyclic) bond motifs is 6. The third-order valence-corrected chi connectivity index (χ3v) is 11.1. The lowest BCUT2D eigenvalue weighted by Crippen LogP contribution is -2.51. The third-order valence-electron chi connectivity index (χ3n) is 11.1. The van der Waals surface area contributed by atoms with Gasteiger partial charge in [-0.3, -0.25) is 4.79 Å². The SMILES string of the molecule is CON[C@H](CC(CCCN)c1nc2ccc3cc(-c4ccc5c(ccc6[nH]c([C@@H]7CCCN7C(=O)[C@@H](NC(=O)OC)C(C)C)nc65)c4)[nH]cc3c2n1)C(C)C. The van der Waals surface area contributed by atoms with Gasteiger partial charge in [0.2, 0.25) is 5.91 Å². The van der Waals surface area contributed by atoms with E-state index in [-0.39, 0.29) is 29.8 Å². The molecule has 1 unspecified atom stereocenters. The summed E-state index contributed by atoms with van der Waals surface area (Å²) in [5.74, 6) is 1.93. The Kier molecular flexibility index (Phi) is 11.3. The number of hydrogen-bond donors (Lipinski definition) is 5. The van der Waals surface area contributed by atoms with E-state index in [1.807, 2.05) is 24.9 Å². The minimum absolute atomic E-state index is 0.101. The third kappa shape index (κ3) is 7.73. The summed E-state index contributed by atoms with van der Waals surface area (Å²) in [7, 11) is 2.96. The Balaban J connectivity index is 1.16. The summed E-state index contributed by atoms with van der Waals surface area (Å²) < 4.78 is 4.79. The van der Waals surface area contributed by atoms with E-state index in [2.05, 4.69) is 83.1 Å². The summed E-state index contributed by atoms with van der Waals surface area (Å²) in [5, 5.41) is 6.92. The Morgan fingerprint density at radius 1 is 0.964 bits per heavy atom. The molecule has 1 aliphatic rings. The quantitative estimate of drug-likeness (QED) is 0.0719. The molecule has 0 spiro atoms. The summed E-state index contributed by atoms with van der Waals surface area (Å²) >= 11 is 0. The Hall–Kier alpha value is -5.11. The lowest BCUT2D eigenvalue weighted by atomic mass is 9.89. The number of imidazole rings is 2. The number of rotatable bonds is 14. The highest BCUT2D eigenvalue weighted by molar-refractivity contribution is 6.07. The number of alkyl carbamates (subject to hydrolysis) is 1. The Morgan fingerprint density at radius 3 is 2.51 bits per heavy atom. The van der Waals surface area contributed by atoms with Gasteiger partial charge in [-0.2, -0.15) is 5.48 Å². The van der Waals surface area contributed by atoms with Crippen LogP contribution in [0.2, 0.25) is 0 Å². The topological polar surface area (TPSA) is 176 Å². The Labute approximate surface area is 321 Å². The van der Waals surface area contributed by atoms with Crippen molar-refractivity contribution in [3.63, 3.8) is 0 Å². The van der Waals surface area contributed by atoms with Gasteiger partial charge in [-0.1, -0.05) is 52.0 Å². The van der Waals surface area contributed by atoms with Gasteiger partial charge in [0.05, 0.1) is 36.8 Å². The van der Waals surface area contributed by atoms with E-state index in [1.54, 1.807) is 7.11 Å². The van der Waals surface area contributed by atoms with Crippen LogP contribution in [0.25, 0.3) is 54.9 Å². The van der Waals surface area contributed by atoms with Crippen molar-refractivity contribution in [2.75, 3.05) is 27.3 Å². The first-order chi connectivity index (χ1) is 26.6. The molecule has 1 fully saturated rings. The molecule has 2 amide bonds. The molecule has 3 aromatic carbocycles. The van der Waals surface area contributed by atoms with Gasteiger partial charge in [0.1, 0.15) is 23.2 Å². The van der Waals surface area contributed by atoms with Crippen molar-refractivity contribution in [3.05, 3.63) is 66.4 Å². The van der Waals surface area contributed by atoms with Crippen molar-refractivity contribution in [1.82, 2.24) is 40.6 Å². The molecule has 0 saturated carbocycles. The molecule has 1 saturated heterocycles. The van der Waals surface area contributed by atoms with Gasteiger partial charge in [0.15, 0.2) is 0 Å². The fourth-order valence-electron chi connectivity index (χ4n) is 8.03. The molecule has 0 aliphatic carbocycles. The highest BCUT2D eigenvalue weighted by Crippen LogP contribution is 2.36. The number of carbonyl (C=O) groups excluding carboxylic acids is 2. The average Bonchev–Trinajstić information content (AvgIpc) is 3.96. The minimum atomic E-state index is -0.685. The number of pyridine rings is 1. The van der Waals surface area contributed by atoms with E-state index in [0.717, 1.165) is 98.6 Å². The van der Waals surface area contributed by atoms with E-state index in [0.29, 0.717) is 19.0 Å². The first-order valence-electron chi connectivity index (χ1n) is 19.4. The lowest BCUT2D eigenvalue weighted by molar-refractivity contribution is -0.135. The van der Waals surface area contributed by atoms with E-state index in [1.165, 1.54) is 7.11 Å². The zero-order valence-corrected chi connectivity index (χ0v) is 32.6. The molecule has 3 aromatic heterocycles. The molecule has 4 heterocycles. The summed E-state index contributed by atoms with van der Waals surface area (Å²) in [6, 6.07) is 16.2. The Morgan fingerprint density at radius 2 is 1.76 bits per heavy atom. The van der Waals surface area contributed by atoms with Crippen LogP contribution in [-0.2, 0) is 14.4 Å². The number of nitrogens with two attached hydrogens (primary N) is 1. The average molecular weight is 748 g/mol. The van der Waals surface area contributed by atoms with Gasteiger partial charge in [0, 0.05) is 41.2 Å². The standard InChI is InChI=1S/C42H53N9O4/c1-23(2)33(50-55-6)21-28(9-7-17-43)39-45-32-16-13-26-20-34(44-22-30(26)38(32)47-39)27-11-14-29-25(19-27)12-15-31-37(29)48-40(46-31)35-10-8-18-51(35)41(52)36(24(3)4)49-42(53)54-5/h11-16,19-20,22-24,28,33,35-36,44,50H,7-10,17-18,21,43H2,1-6H3,(H,46,48)(H,49,53)/t28?,33-,35+,36+/m1/s1. The predicted octanol–water partition coefficient (Wildman–Crippen LogP) is 7.24. The van der Waals surface area contributed by atoms with Crippen LogP contribution >= 0.6 is 0 Å². The number of H-pyrrole nitrogens is 2. The number of amides is 2. The molecule has 13 nitrogen and oxygen atoms in total. The molecule has 55 heavy (non-hydrogen) atoms. The van der Waals surface area contributed by atoms with Gasteiger partial charge in [0.25, 0.3) is 0 Å². The number of carbonyl (C=O) groups is 2. The molecule has 0 bridgehead atoms. The smallest absolute Gasteiger partial charge is 0.407 e. The monoisotopic (exact) mass is 747 g/mol. The molecule has 290 valence electrons. The van der Waals surface area contributed by atoms with Crippen LogP contribution in [0.4, 0.5) is 4.79 Å². The molecule has 7 rings (SSSR count). The Bertz CT molecular complexity index is 2320. The van der Waals surface area contributed by atoms with Gasteiger partial charge in [-0.05, 0) is 91.1 Å². The fraction of sp³-hybridized carbons (Fsp3) is 0.452. The second kappa shape index (κ2) is 16.3. The zero-order chi connectivity index (χ0) is 38.8. The number of nitrogens with zero attached hydrogens (tertiary/aromatic N) is 4. The van der Waals surface area contributed by atoms with Gasteiger partial charge < -0.3 is 35.5 Å². The molecule has 1 aliphatic heterocycles. The predicted molar refractivity (Wildman–Crippen MR) is 216 cm³/mol. The van der Waals surface area contributed by atoms with Crippen LogP contribution in [-0.4, -0.2) is 81.2 Å². The van der Waals surface area contributed by atoms with Crippen molar-refractivity contribution in [3.8, 4) is 11.3 Å². The summed E-state index contributed by atoms with van der Waals surface area (Å²) in [4.78, 5) is 55.1. The van der Waals surface area contributed by atoms with E-state index in [9.17, 15) is 9.59 Å². The number of aromatic amines is 2. The van der Waals surface area contributed by atoms with Crippen molar-refractivity contribution in [1.29, 1.82) is 0 Å². The molecule has 4 atom stereocenters. The van der Waals surface area contributed by atoms with E-state index in [4.69, 9.17) is 30.3 Å². The number of methoxy groups -OCH3 is 1. The van der Waals surface area contributed by atoms with Gasteiger partial charge >= 0.3 is 6.09 Å². The number of hydroxylamine groups is 1.